The van der Waals surface area contributed by atoms with E-state index in [9.17, 15) is 14.4 Å². The average molecular weight is 684 g/mol. The van der Waals surface area contributed by atoms with Gasteiger partial charge in [0.05, 0.1) is 26.5 Å². The molecule has 0 heterocycles. The van der Waals surface area contributed by atoms with Gasteiger partial charge in [0.2, 0.25) is 0 Å². The second kappa shape index (κ2) is 19.8. The summed E-state index contributed by atoms with van der Waals surface area (Å²) in [6, 6.07) is 23.4. The summed E-state index contributed by atoms with van der Waals surface area (Å²) in [6.07, 6.45) is 5.62. The third-order valence-electron chi connectivity index (χ3n) is 7.13. The van der Waals surface area contributed by atoms with Gasteiger partial charge in [0.25, 0.3) is 0 Å². The highest BCUT2D eigenvalue weighted by Crippen LogP contribution is 2.29. The molecular weight excluding hydrogens is 638 g/mol. The molecule has 0 unspecified atom stereocenters. The number of hydrogen-bond donors (Lipinski definition) is 3. The number of rotatable bonds is 14. The molecule has 0 bridgehead atoms. The molecule has 264 valence electrons. The minimum atomic E-state index is -0.525. The zero-order chi connectivity index (χ0) is 36.5. The van der Waals surface area contributed by atoms with Crippen molar-refractivity contribution < 1.29 is 38.1 Å². The first-order valence-electron chi connectivity index (χ1n) is 16.1. The summed E-state index contributed by atoms with van der Waals surface area (Å²) >= 11 is 0. The van der Waals surface area contributed by atoms with Crippen LogP contribution in [0.25, 0.3) is 17.2 Å². The highest BCUT2D eigenvalue weighted by molar-refractivity contribution is 5.88. The van der Waals surface area contributed by atoms with Crippen LogP contribution in [0.15, 0.2) is 84.9 Å². The van der Waals surface area contributed by atoms with Crippen LogP contribution in [0.4, 0.5) is 17.1 Å². The number of ether oxygens (including phenoxy) is 5. The molecule has 0 radical (unpaired) electrons. The van der Waals surface area contributed by atoms with Crippen molar-refractivity contribution in [2.75, 3.05) is 38.0 Å². The van der Waals surface area contributed by atoms with Gasteiger partial charge in [-0.2, -0.15) is 0 Å². The van der Waals surface area contributed by atoms with Crippen molar-refractivity contribution in [1.29, 1.82) is 0 Å². The quantitative estimate of drug-likeness (QED) is 0.0405. The van der Waals surface area contributed by atoms with Gasteiger partial charge in [-0.25, -0.2) is 4.79 Å². The van der Waals surface area contributed by atoms with Gasteiger partial charge >= 0.3 is 17.9 Å². The molecule has 0 aliphatic carbocycles. The molecule has 0 aliphatic rings. The van der Waals surface area contributed by atoms with Crippen LogP contribution in [0, 0.1) is 6.92 Å². The number of anilines is 3. The van der Waals surface area contributed by atoms with Crippen LogP contribution in [0.3, 0.4) is 0 Å². The second-order valence-corrected chi connectivity index (χ2v) is 11.2. The standard InChI is InChI=1S/C27H28N2O6.C12H17NO2/c1-32-23-10-7-18(8-11-23)20-6-5-19(25(14-20)33-2)9-12-26(30)34-13-3-4-27(31)35-24-16-21(28)15-22(29)17-24;1-3-4-5-12(14)15-11-7-6-9(2)8-10(11)13/h5-12,14-17H,3-4,13,28-29H2,1-2H3;6-8H,3-5,13H2,1-2H3/b12-9+;. The maximum absolute atomic E-state index is 12.1. The van der Waals surface area contributed by atoms with Gasteiger partial charge in [-0.05, 0) is 78.9 Å². The first-order valence-corrected chi connectivity index (χ1v) is 16.1. The van der Waals surface area contributed by atoms with Gasteiger partial charge in [0.15, 0.2) is 5.75 Å². The number of aryl methyl sites for hydroxylation is 1. The number of benzene rings is 4. The Balaban J connectivity index is 0.000000376. The molecule has 4 rings (SSSR count). The molecule has 0 saturated carbocycles. The molecule has 50 heavy (non-hydrogen) atoms. The largest absolute Gasteiger partial charge is 0.497 e. The summed E-state index contributed by atoms with van der Waals surface area (Å²) in [7, 11) is 3.19. The van der Waals surface area contributed by atoms with Crippen LogP contribution in [-0.2, 0) is 19.1 Å². The molecule has 11 nitrogen and oxygen atoms in total. The Kier molecular flexibility index (Phi) is 15.2. The second-order valence-electron chi connectivity index (χ2n) is 11.2. The monoisotopic (exact) mass is 683 g/mol. The first-order chi connectivity index (χ1) is 24.0. The third-order valence-corrected chi connectivity index (χ3v) is 7.13. The van der Waals surface area contributed by atoms with Crippen LogP contribution >= 0.6 is 0 Å². The number of nitrogens with two attached hydrogens (primary N) is 3. The number of methoxy groups -OCH3 is 2. The first kappa shape index (κ1) is 38.5. The molecule has 0 saturated heterocycles. The lowest BCUT2D eigenvalue weighted by molar-refractivity contribution is -0.140. The minimum Gasteiger partial charge on any atom is -0.497 e. The van der Waals surface area contributed by atoms with Gasteiger partial charge in [-0.3, -0.25) is 9.59 Å². The molecule has 11 heteroatoms. The lowest BCUT2D eigenvalue weighted by atomic mass is 10.0. The van der Waals surface area contributed by atoms with E-state index in [1.54, 1.807) is 38.5 Å². The fraction of sp³-hybridized carbons (Fsp3) is 0.256. The summed E-state index contributed by atoms with van der Waals surface area (Å²) in [5.74, 6) is 0.926. The van der Waals surface area contributed by atoms with E-state index in [-0.39, 0.29) is 24.7 Å². The fourth-order valence-electron chi connectivity index (χ4n) is 4.55. The van der Waals surface area contributed by atoms with Crippen molar-refractivity contribution in [3.05, 3.63) is 96.1 Å². The molecule has 0 aromatic heterocycles. The molecule has 0 aliphatic heterocycles. The normalized spacial score (nSPS) is 10.5. The van der Waals surface area contributed by atoms with Crippen molar-refractivity contribution in [3.8, 4) is 34.1 Å². The van der Waals surface area contributed by atoms with Gasteiger partial charge < -0.3 is 40.9 Å². The highest BCUT2D eigenvalue weighted by Gasteiger charge is 2.09. The number of esters is 3. The van der Waals surface area contributed by atoms with Crippen molar-refractivity contribution in [1.82, 2.24) is 0 Å². The molecule has 4 aromatic rings. The molecule has 0 amide bonds. The number of nitrogen functional groups attached to an aromatic ring is 3. The Labute approximate surface area is 292 Å². The van der Waals surface area contributed by atoms with Crippen molar-refractivity contribution in [3.63, 3.8) is 0 Å². The molecule has 0 fully saturated rings. The lowest BCUT2D eigenvalue weighted by Crippen LogP contribution is -2.10. The van der Waals surface area contributed by atoms with E-state index in [0.717, 1.165) is 40.8 Å². The maximum atomic E-state index is 12.1. The van der Waals surface area contributed by atoms with Gasteiger partial charge in [0.1, 0.15) is 17.2 Å². The maximum Gasteiger partial charge on any atom is 0.330 e. The lowest BCUT2D eigenvalue weighted by Gasteiger charge is -2.09. The SMILES string of the molecule is CCCCC(=O)Oc1ccc(C)cc1N.COc1ccc(-c2ccc(/C=C/C(=O)OCCCC(=O)Oc3cc(N)cc(N)c3)c(OC)c2)cc1. The smallest absolute Gasteiger partial charge is 0.330 e. The fourth-order valence-corrected chi connectivity index (χ4v) is 4.55. The van der Waals surface area contributed by atoms with Crippen molar-refractivity contribution in [2.45, 2.75) is 46.0 Å². The van der Waals surface area contributed by atoms with E-state index in [0.29, 0.717) is 41.4 Å². The summed E-state index contributed by atoms with van der Waals surface area (Å²) in [5.41, 5.74) is 22.2. The zero-order valence-corrected chi connectivity index (χ0v) is 28.9. The molecule has 4 aromatic carbocycles. The Bertz CT molecular complexity index is 1750. The number of carbonyl (C=O) groups excluding carboxylic acids is 3. The van der Waals surface area contributed by atoms with Crippen LogP contribution in [0.5, 0.6) is 23.0 Å². The van der Waals surface area contributed by atoms with Crippen LogP contribution in [0.1, 0.15) is 50.2 Å². The van der Waals surface area contributed by atoms with Crippen molar-refractivity contribution in [2.24, 2.45) is 0 Å². The number of carbonyl (C=O) groups is 3. The van der Waals surface area contributed by atoms with Gasteiger partial charge in [-0.15, -0.1) is 0 Å². The predicted octanol–water partition coefficient (Wildman–Crippen LogP) is 7.15. The van der Waals surface area contributed by atoms with Crippen LogP contribution in [-0.4, -0.2) is 38.7 Å². The molecule has 6 N–H and O–H groups in total. The number of hydrogen-bond acceptors (Lipinski definition) is 11. The van der Waals surface area contributed by atoms with Crippen molar-refractivity contribution >= 4 is 41.0 Å². The minimum absolute atomic E-state index is 0.0743. The molecule has 0 atom stereocenters. The van der Waals surface area contributed by atoms with Gasteiger partial charge in [-0.1, -0.05) is 43.7 Å². The summed E-state index contributed by atoms with van der Waals surface area (Å²) in [6.45, 7) is 4.05. The third kappa shape index (κ3) is 12.9. The predicted molar refractivity (Wildman–Crippen MR) is 196 cm³/mol. The summed E-state index contributed by atoms with van der Waals surface area (Å²) in [4.78, 5) is 35.3. The highest BCUT2D eigenvalue weighted by atomic mass is 16.5. The topological polar surface area (TPSA) is 175 Å². The average Bonchev–Trinajstić information content (AvgIpc) is 3.09. The van der Waals surface area contributed by atoms with Crippen LogP contribution < -0.4 is 36.1 Å². The van der Waals surface area contributed by atoms with E-state index in [1.165, 1.54) is 18.2 Å². The van der Waals surface area contributed by atoms with E-state index < -0.39 is 11.9 Å². The Morgan fingerprint density at radius 2 is 1.34 bits per heavy atom. The number of unbranched alkanes of at least 4 members (excludes halogenated alkanes) is 1. The Morgan fingerprint density at radius 3 is 1.98 bits per heavy atom. The summed E-state index contributed by atoms with van der Waals surface area (Å²) < 4.78 is 26.2. The summed E-state index contributed by atoms with van der Waals surface area (Å²) in [5, 5.41) is 0. The Morgan fingerprint density at radius 1 is 0.680 bits per heavy atom. The van der Waals surface area contributed by atoms with Gasteiger partial charge in [0, 0.05) is 48.0 Å². The zero-order valence-electron chi connectivity index (χ0n) is 28.9. The Hall–Kier alpha value is -5.97. The van der Waals surface area contributed by atoms with E-state index >= 15 is 0 Å². The van der Waals surface area contributed by atoms with E-state index in [1.807, 2.05) is 62.4 Å². The molecule has 0 spiro atoms. The molecular formula is C39H45N3O8. The van der Waals surface area contributed by atoms with E-state index in [4.69, 9.17) is 40.9 Å². The van der Waals surface area contributed by atoms with Crippen LogP contribution in [0.2, 0.25) is 0 Å². The van der Waals surface area contributed by atoms with E-state index in [2.05, 4.69) is 0 Å².